The normalized spacial score (nSPS) is 10.1. The van der Waals surface area contributed by atoms with Crippen molar-refractivity contribution in [2.24, 2.45) is 0 Å². The largest absolute Gasteiger partial charge is 0.399 e. The van der Waals surface area contributed by atoms with E-state index < -0.39 is 4.92 Å². The predicted octanol–water partition coefficient (Wildman–Crippen LogP) is 2.87. The Kier molecular flexibility index (Phi) is 4.54. The van der Waals surface area contributed by atoms with Gasteiger partial charge in [0.25, 0.3) is 11.6 Å². The highest BCUT2D eigenvalue weighted by molar-refractivity contribution is 9.10. The highest BCUT2D eigenvalue weighted by atomic mass is 79.9. The summed E-state index contributed by atoms with van der Waals surface area (Å²) in [5, 5.41) is 13.6. The molecular weight excluding hydrogens is 338 g/mol. The van der Waals surface area contributed by atoms with Crippen LogP contribution in [0.3, 0.4) is 0 Å². The van der Waals surface area contributed by atoms with E-state index in [1.165, 1.54) is 6.07 Å². The number of benzene rings is 2. The summed E-state index contributed by atoms with van der Waals surface area (Å²) in [4.78, 5) is 22.5. The van der Waals surface area contributed by atoms with Gasteiger partial charge in [-0.15, -0.1) is 0 Å². The van der Waals surface area contributed by atoms with Gasteiger partial charge in [0.2, 0.25) is 0 Å². The van der Waals surface area contributed by atoms with Gasteiger partial charge in [-0.2, -0.15) is 0 Å². The molecule has 0 radical (unpaired) electrons. The molecule has 7 heteroatoms. The van der Waals surface area contributed by atoms with E-state index in [0.29, 0.717) is 21.3 Å². The average molecular weight is 350 g/mol. The van der Waals surface area contributed by atoms with Crippen LogP contribution in [0.5, 0.6) is 0 Å². The van der Waals surface area contributed by atoms with E-state index in [-0.39, 0.29) is 18.1 Å². The number of nitrogen functional groups attached to an aromatic ring is 1. The zero-order valence-electron chi connectivity index (χ0n) is 10.9. The molecule has 6 nitrogen and oxygen atoms in total. The van der Waals surface area contributed by atoms with Gasteiger partial charge in [0.05, 0.1) is 10.5 Å². The highest BCUT2D eigenvalue weighted by Crippen LogP contribution is 2.20. The fourth-order valence-corrected chi connectivity index (χ4v) is 2.25. The van der Waals surface area contributed by atoms with Crippen molar-refractivity contribution in [3.05, 3.63) is 68.2 Å². The maximum absolute atomic E-state index is 12.1. The molecule has 21 heavy (non-hydrogen) atoms. The van der Waals surface area contributed by atoms with Gasteiger partial charge >= 0.3 is 0 Å². The second-order valence-corrected chi connectivity index (χ2v) is 5.16. The lowest BCUT2D eigenvalue weighted by Gasteiger charge is -2.08. The average Bonchev–Trinajstić information content (AvgIpc) is 2.47. The van der Waals surface area contributed by atoms with Crippen molar-refractivity contribution in [3.63, 3.8) is 0 Å². The molecule has 2 rings (SSSR count). The first-order valence-corrected chi connectivity index (χ1v) is 6.84. The van der Waals surface area contributed by atoms with Crippen molar-refractivity contribution in [2.75, 3.05) is 5.73 Å². The Bertz CT molecular complexity index is 704. The first-order chi connectivity index (χ1) is 9.99. The van der Waals surface area contributed by atoms with E-state index in [1.54, 1.807) is 36.4 Å². The second kappa shape index (κ2) is 6.36. The summed E-state index contributed by atoms with van der Waals surface area (Å²) in [6, 6.07) is 11.2. The smallest absolute Gasteiger partial charge is 0.274 e. The summed E-state index contributed by atoms with van der Waals surface area (Å²) in [5.41, 5.74) is 6.91. The number of carbonyl (C=O) groups excluding carboxylic acids is 1. The molecule has 2 aromatic rings. The molecule has 0 spiro atoms. The lowest BCUT2D eigenvalue weighted by atomic mass is 10.1. The number of rotatable bonds is 4. The van der Waals surface area contributed by atoms with E-state index >= 15 is 0 Å². The van der Waals surface area contributed by atoms with Gasteiger partial charge in [-0.1, -0.05) is 18.2 Å². The van der Waals surface area contributed by atoms with Crippen molar-refractivity contribution in [3.8, 4) is 0 Å². The monoisotopic (exact) mass is 349 g/mol. The number of halogens is 1. The van der Waals surface area contributed by atoms with Gasteiger partial charge in [0, 0.05) is 28.3 Å². The maximum Gasteiger partial charge on any atom is 0.274 e. The molecule has 0 saturated carbocycles. The van der Waals surface area contributed by atoms with Crippen LogP contribution in [-0.2, 0) is 6.54 Å². The Morgan fingerprint density at radius 3 is 2.71 bits per heavy atom. The molecular formula is C14H12BrN3O3. The molecule has 0 saturated heterocycles. The Morgan fingerprint density at radius 1 is 1.29 bits per heavy atom. The number of hydrogen-bond donors (Lipinski definition) is 2. The number of nitrogens with zero attached hydrogens (tertiary/aromatic N) is 1. The third kappa shape index (κ3) is 3.57. The van der Waals surface area contributed by atoms with Crippen molar-refractivity contribution in [1.82, 2.24) is 5.32 Å². The first-order valence-electron chi connectivity index (χ1n) is 6.04. The number of hydrogen-bond acceptors (Lipinski definition) is 4. The van der Waals surface area contributed by atoms with Gasteiger partial charge in [-0.3, -0.25) is 14.9 Å². The van der Waals surface area contributed by atoms with Crippen molar-refractivity contribution in [1.29, 1.82) is 0 Å². The molecule has 0 bridgehead atoms. The van der Waals surface area contributed by atoms with Crippen LogP contribution in [0.15, 0.2) is 46.9 Å². The predicted molar refractivity (Wildman–Crippen MR) is 82.8 cm³/mol. The minimum absolute atomic E-state index is 0.0237. The van der Waals surface area contributed by atoms with Crippen LogP contribution < -0.4 is 11.1 Å². The van der Waals surface area contributed by atoms with Crippen LogP contribution in [-0.4, -0.2) is 10.8 Å². The minimum atomic E-state index is -0.474. The molecule has 108 valence electrons. The first kappa shape index (κ1) is 15.0. The van der Waals surface area contributed by atoms with Crippen LogP contribution in [0.25, 0.3) is 0 Å². The van der Waals surface area contributed by atoms with Crippen LogP contribution >= 0.6 is 15.9 Å². The topological polar surface area (TPSA) is 98.3 Å². The molecule has 0 aliphatic rings. The number of nitro groups is 1. The number of nitrogens with one attached hydrogen (secondary N) is 1. The molecule has 0 aliphatic heterocycles. The van der Waals surface area contributed by atoms with Crippen molar-refractivity contribution < 1.29 is 9.72 Å². The number of para-hydroxylation sites is 1. The van der Waals surface area contributed by atoms with Crippen LogP contribution in [0, 0.1) is 10.1 Å². The third-order valence-electron chi connectivity index (χ3n) is 2.86. The molecule has 0 aliphatic carbocycles. The molecule has 0 heterocycles. The van der Waals surface area contributed by atoms with Gasteiger partial charge in [0.15, 0.2) is 0 Å². The van der Waals surface area contributed by atoms with E-state index in [0.717, 1.165) is 0 Å². The van der Waals surface area contributed by atoms with Crippen molar-refractivity contribution in [2.45, 2.75) is 6.54 Å². The number of anilines is 1. The molecule has 0 atom stereocenters. The van der Waals surface area contributed by atoms with Crippen molar-refractivity contribution >= 4 is 33.2 Å². The fraction of sp³-hybridized carbons (Fsp3) is 0.0714. The standard InChI is InChI=1S/C14H12BrN3O3/c15-12-6-5-10(16)7-11(12)14(19)17-8-9-3-1-2-4-13(9)18(20)21/h1-7H,8,16H2,(H,17,19). The second-order valence-electron chi connectivity index (χ2n) is 4.31. The Morgan fingerprint density at radius 2 is 2.00 bits per heavy atom. The Balaban J connectivity index is 2.15. The van der Waals surface area contributed by atoms with Crippen LogP contribution in [0.1, 0.15) is 15.9 Å². The molecule has 0 fully saturated rings. The zero-order valence-corrected chi connectivity index (χ0v) is 12.5. The summed E-state index contributed by atoms with van der Waals surface area (Å²) in [7, 11) is 0. The van der Waals surface area contributed by atoms with E-state index in [4.69, 9.17) is 5.73 Å². The number of amides is 1. The zero-order chi connectivity index (χ0) is 15.4. The highest BCUT2D eigenvalue weighted by Gasteiger charge is 2.15. The van der Waals surface area contributed by atoms with E-state index in [2.05, 4.69) is 21.2 Å². The number of nitrogens with two attached hydrogens (primary N) is 1. The van der Waals surface area contributed by atoms with E-state index in [9.17, 15) is 14.9 Å². The van der Waals surface area contributed by atoms with Gasteiger partial charge in [-0.25, -0.2) is 0 Å². The maximum atomic E-state index is 12.1. The summed E-state index contributed by atoms with van der Waals surface area (Å²) in [6.45, 7) is 0.0667. The summed E-state index contributed by atoms with van der Waals surface area (Å²) < 4.78 is 0.608. The fourth-order valence-electron chi connectivity index (χ4n) is 1.83. The molecule has 0 aromatic heterocycles. The molecule has 2 aromatic carbocycles. The number of carbonyl (C=O) groups is 1. The van der Waals surface area contributed by atoms with Gasteiger partial charge in [-0.05, 0) is 34.1 Å². The SMILES string of the molecule is Nc1ccc(Br)c(C(=O)NCc2ccccc2[N+](=O)[O-])c1. The molecule has 0 unspecified atom stereocenters. The van der Waals surface area contributed by atoms with Crippen LogP contribution in [0.4, 0.5) is 11.4 Å². The Labute approximate surface area is 129 Å². The van der Waals surface area contributed by atoms with Gasteiger partial charge < -0.3 is 11.1 Å². The third-order valence-corrected chi connectivity index (χ3v) is 3.55. The summed E-state index contributed by atoms with van der Waals surface area (Å²) in [6.07, 6.45) is 0. The molecule has 3 N–H and O–H groups in total. The van der Waals surface area contributed by atoms with E-state index in [1.807, 2.05) is 0 Å². The summed E-state index contributed by atoms with van der Waals surface area (Å²) >= 11 is 3.27. The van der Waals surface area contributed by atoms with Gasteiger partial charge in [0.1, 0.15) is 0 Å². The summed E-state index contributed by atoms with van der Waals surface area (Å²) in [5.74, 6) is -0.354. The lowest BCUT2D eigenvalue weighted by molar-refractivity contribution is -0.385. The van der Waals surface area contributed by atoms with Crippen LogP contribution in [0.2, 0.25) is 0 Å². The molecule has 1 amide bonds. The quantitative estimate of drug-likeness (QED) is 0.503. The Hall–Kier alpha value is -2.41. The minimum Gasteiger partial charge on any atom is -0.399 e. The number of nitro benzene ring substituents is 1. The lowest BCUT2D eigenvalue weighted by Crippen LogP contribution is -2.23.